The minimum Gasteiger partial charge on any atom is -0.493 e. The number of likely N-dealkylation sites (N-methyl/N-ethyl adjacent to an activating group) is 1. The highest BCUT2D eigenvalue weighted by atomic mass is 127. The molecule has 6 nitrogen and oxygen atoms in total. The Morgan fingerprint density at radius 1 is 1.13 bits per heavy atom. The number of halogens is 1. The molecule has 1 fully saturated rings. The third-order valence-corrected chi connectivity index (χ3v) is 5.87. The maximum atomic E-state index is 6.11. The number of aliphatic imine (C=N–C) groups is 1. The van der Waals surface area contributed by atoms with E-state index < -0.39 is 0 Å². The number of rotatable bonds is 11. The Hall–Kier alpha value is -1.06. The largest absolute Gasteiger partial charge is 0.493 e. The van der Waals surface area contributed by atoms with Gasteiger partial charge in [-0.3, -0.25) is 9.89 Å². The number of guanidine groups is 1. The highest BCUT2D eigenvalue weighted by Gasteiger charge is 2.19. The van der Waals surface area contributed by atoms with Crippen LogP contribution in [0.2, 0.25) is 0 Å². The van der Waals surface area contributed by atoms with Crippen LogP contribution in [0.1, 0.15) is 50.7 Å². The van der Waals surface area contributed by atoms with Gasteiger partial charge in [0.2, 0.25) is 0 Å². The van der Waals surface area contributed by atoms with E-state index in [1.165, 1.54) is 30.4 Å². The monoisotopic (exact) mass is 545 g/mol. The van der Waals surface area contributed by atoms with E-state index >= 15 is 0 Å². The number of benzene rings is 1. The molecule has 0 aromatic heterocycles. The van der Waals surface area contributed by atoms with Gasteiger partial charge in [0.25, 0.3) is 0 Å². The molecule has 1 unspecified atom stereocenters. The molecule has 1 aromatic carbocycles. The molecule has 0 spiro atoms. The molecular weight excluding hydrogens is 501 g/mol. The van der Waals surface area contributed by atoms with Gasteiger partial charge in [-0.15, -0.1) is 24.0 Å². The van der Waals surface area contributed by atoms with Gasteiger partial charge in [-0.25, -0.2) is 0 Å². The lowest BCUT2D eigenvalue weighted by Gasteiger charge is -2.36. The number of ether oxygens (including phenoxy) is 1. The van der Waals surface area contributed by atoms with E-state index in [0.29, 0.717) is 12.6 Å². The van der Waals surface area contributed by atoms with Crippen LogP contribution in [0.4, 0.5) is 0 Å². The van der Waals surface area contributed by atoms with Crippen molar-refractivity contribution in [2.45, 2.75) is 59.0 Å². The predicted molar refractivity (Wildman–Crippen MR) is 143 cm³/mol. The Morgan fingerprint density at radius 3 is 2.55 bits per heavy atom. The van der Waals surface area contributed by atoms with Gasteiger partial charge in [0, 0.05) is 57.9 Å². The van der Waals surface area contributed by atoms with Gasteiger partial charge >= 0.3 is 0 Å². The van der Waals surface area contributed by atoms with Gasteiger partial charge in [-0.2, -0.15) is 0 Å². The van der Waals surface area contributed by atoms with Crippen LogP contribution in [0, 0.1) is 6.92 Å². The minimum absolute atomic E-state index is 0. The third-order valence-electron chi connectivity index (χ3n) is 5.87. The summed E-state index contributed by atoms with van der Waals surface area (Å²) in [5.74, 6) is 1.82. The molecule has 0 saturated carbocycles. The van der Waals surface area contributed by atoms with Crippen molar-refractivity contribution >= 4 is 29.9 Å². The van der Waals surface area contributed by atoms with Crippen LogP contribution in [-0.2, 0) is 6.54 Å². The first-order chi connectivity index (χ1) is 14.5. The summed E-state index contributed by atoms with van der Waals surface area (Å²) in [4.78, 5) is 9.34. The van der Waals surface area contributed by atoms with E-state index in [-0.39, 0.29) is 24.0 Å². The first kappa shape index (κ1) is 28.0. The molecule has 178 valence electrons. The number of piperazine rings is 1. The zero-order valence-electron chi connectivity index (χ0n) is 20.2. The van der Waals surface area contributed by atoms with Crippen molar-refractivity contribution in [2.24, 2.45) is 4.99 Å². The third kappa shape index (κ3) is 10.4. The molecule has 0 radical (unpaired) electrons. The summed E-state index contributed by atoms with van der Waals surface area (Å²) < 4.78 is 6.11. The van der Waals surface area contributed by atoms with Crippen LogP contribution >= 0.6 is 24.0 Å². The molecule has 7 heteroatoms. The summed E-state index contributed by atoms with van der Waals surface area (Å²) in [6.07, 6.45) is 4.87. The Morgan fingerprint density at radius 2 is 1.87 bits per heavy atom. The second-order valence-corrected chi connectivity index (χ2v) is 8.52. The van der Waals surface area contributed by atoms with Crippen molar-refractivity contribution in [3.63, 3.8) is 0 Å². The van der Waals surface area contributed by atoms with Gasteiger partial charge in [-0.05, 0) is 38.9 Å². The van der Waals surface area contributed by atoms with E-state index in [0.717, 1.165) is 57.5 Å². The summed E-state index contributed by atoms with van der Waals surface area (Å²) in [7, 11) is 4.02. The number of nitrogens with one attached hydrogen (secondary N) is 2. The number of hydrogen-bond acceptors (Lipinski definition) is 4. The molecule has 1 aliphatic heterocycles. The van der Waals surface area contributed by atoms with Crippen molar-refractivity contribution in [2.75, 3.05) is 53.4 Å². The molecular formula is C24H44IN5O. The van der Waals surface area contributed by atoms with Crippen molar-refractivity contribution in [3.05, 3.63) is 29.3 Å². The lowest BCUT2D eigenvalue weighted by atomic mass is 10.1. The number of nitrogens with zero attached hydrogens (tertiary/aromatic N) is 3. The predicted octanol–water partition coefficient (Wildman–Crippen LogP) is 3.87. The second kappa shape index (κ2) is 15.7. The SMILES string of the molecule is CCCCCCOc1cc(C)ccc1CNC(=NC)NCC(C)N1CCN(C)CC1.I. The first-order valence-corrected chi connectivity index (χ1v) is 11.6. The number of unbranched alkanes of at least 4 members (excludes halogenated alkanes) is 3. The lowest BCUT2D eigenvalue weighted by molar-refractivity contribution is 0.120. The van der Waals surface area contributed by atoms with Crippen LogP contribution in [0.5, 0.6) is 5.75 Å². The van der Waals surface area contributed by atoms with E-state index in [9.17, 15) is 0 Å². The molecule has 1 aromatic rings. The fraction of sp³-hybridized carbons (Fsp3) is 0.708. The number of aryl methyl sites for hydroxylation is 1. The maximum absolute atomic E-state index is 6.11. The van der Waals surface area contributed by atoms with E-state index in [2.05, 4.69) is 71.4 Å². The quantitative estimate of drug-likeness (QED) is 0.192. The maximum Gasteiger partial charge on any atom is 0.191 e. The summed E-state index contributed by atoms with van der Waals surface area (Å²) in [5, 5.41) is 6.94. The Labute approximate surface area is 207 Å². The zero-order valence-corrected chi connectivity index (χ0v) is 22.6. The van der Waals surface area contributed by atoms with Crippen LogP contribution < -0.4 is 15.4 Å². The molecule has 2 N–H and O–H groups in total. The summed E-state index contributed by atoms with van der Waals surface area (Å²) in [6.45, 7) is 13.6. The van der Waals surface area contributed by atoms with Crippen LogP contribution in [0.25, 0.3) is 0 Å². The highest BCUT2D eigenvalue weighted by molar-refractivity contribution is 14.0. The van der Waals surface area contributed by atoms with Crippen molar-refractivity contribution in [1.29, 1.82) is 0 Å². The lowest BCUT2D eigenvalue weighted by Crippen LogP contribution is -2.52. The van der Waals surface area contributed by atoms with Gasteiger partial charge in [0.15, 0.2) is 5.96 Å². The normalized spacial score (nSPS) is 16.5. The molecule has 2 rings (SSSR count). The average Bonchev–Trinajstić information content (AvgIpc) is 2.75. The Kier molecular flexibility index (Phi) is 14.2. The van der Waals surface area contributed by atoms with E-state index in [1.807, 2.05) is 7.05 Å². The fourth-order valence-corrected chi connectivity index (χ4v) is 3.69. The van der Waals surface area contributed by atoms with Crippen LogP contribution in [0.15, 0.2) is 23.2 Å². The summed E-state index contributed by atoms with van der Waals surface area (Å²) in [6, 6.07) is 6.93. The fourth-order valence-electron chi connectivity index (χ4n) is 3.69. The van der Waals surface area contributed by atoms with Gasteiger partial charge < -0.3 is 20.3 Å². The molecule has 0 aliphatic carbocycles. The summed E-state index contributed by atoms with van der Waals surface area (Å²) >= 11 is 0. The topological polar surface area (TPSA) is 52.1 Å². The molecule has 1 heterocycles. The molecule has 1 aliphatic rings. The minimum atomic E-state index is 0. The van der Waals surface area contributed by atoms with Crippen molar-refractivity contribution in [3.8, 4) is 5.75 Å². The van der Waals surface area contributed by atoms with E-state index in [4.69, 9.17) is 4.74 Å². The van der Waals surface area contributed by atoms with E-state index in [1.54, 1.807) is 0 Å². The Bertz CT molecular complexity index is 647. The first-order valence-electron chi connectivity index (χ1n) is 11.6. The summed E-state index contributed by atoms with van der Waals surface area (Å²) in [5.41, 5.74) is 2.40. The van der Waals surface area contributed by atoms with Gasteiger partial charge in [-0.1, -0.05) is 38.3 Å². The van der Waals surface area contributed by atoms with Crippen LogP contribution in [-0.4, -0.2) is 75.2 Å². The highest BCUT2D eigenvalue weighted by Crippen LogP contribution is 2.21. The standard InChI is InChI=1S/C24H43N5O.HI/c1-6-7-8-9-16-30-23-17-20(2)10-11-22(23)19-27-24(25-4)26-18-21(3)29-14-12-28(5)13-15-29;/h10-11,17,21H,6-9,12-16,18-19H2,1-5H3,(H2,25,26,27);1H. The van der Waals surface area contributed by atoms with Crippen molar-refractivity contribution < 1.29 is 4.74 Å². The molecule has 31 heavy (non-hydrogen) atoms. The molecule has 0 bridgehead atoms. The van der Waals surface area contributed by atoms with Gasteiger partial charge in [0.05, 0.1) is 6.61 Å². The Balaban J connectivity index is 0.00000480. The average molecular weight is 546 g/mol. The van der Waals surface area contributed by atoms with Crippen LogP contribution in [0.3, 0.4) is 0 Å². The molecule has 1 saturated heterocycles. The zero-order chi connectivity index (χ0) is 21.8. The number of hydrogen-bond donors (Lipinski definition) is 2. The smallest absolute Gasteiger partial charge is 0.191 e. The molecule has 0 amide bonds. The second-order valence-electron chi connectivity index (χ2n) is 8.52. The molecule has 1 atom stereocenters. The van der Waals surface area contributed by atoms with Gasteiger partial charge in [0.1, 0.15) is 5.75 Å². The van der Waals surface area contributed by atoms with Crippen molar-refractivity contribution in [1.82, 2.24) is 20.4 Å².